The SMILES string of the molecule is C=CCN(C(=O)[C@H]1[C@H]2C(=O)N(CCCCO)C(C(=O)N(CC=C)c3c(C)cccc3Cl)C23CC[C@]1(C)S3)c1ccccc1. The van der Waals surface area contributed by atoms with Crippen molar-refractivity contribution in [3.8, 4) is 0 Å². The van der Waals surface area contributed by atoms with Crippen molar-refractivity contribution >= 4 is 52.5 Å². The summed E-state index contributed by atoms with van der Waals surface area (Å²) in [6.07, 6.45) is 5.80. The van der Waals surface area contributed by atoms with E-state index in [2.05, 4.69) is 20.1 Å². The Labute approximate surface area is 263 Å². The predicted molar refractivity (Wildman–Crippen MR) is 174 cm³/mol. The first-order chi connectivity index (χ1) is 20.6. The van der Waals surface area contributed by atoms with Crippen LogP contribution in [0.5, 0.6) is 0 Å². The van der Waals surface area contributed by atoms with Crippen molar-refractivity contribution in [1.29, 1.82) is 0 Å². The van der Waals surface area contributed by atoms with E-state index in [4.69, 9.17) is 11.6 Å². The van der Waals surface area contributed by atoms with Gasteiger partial charge in [0.1, 0.15) is 6.04 Å². The average Bonchev–Trinajstić information content (AvgIpc) is 3.56. The van der Waals surface area contributed by atoms with Crippen LogP contribution in [0.15, 0.2) is 73.8 Å². The summed E-state index contributed by atoms with van der Waals surface area (Å²) < 4.78 is -1.28. The number of rotatable bonds is 12. The van der Waals surface area contributed by atoms with E-state index < -0.39 is 27.4 Å². The molecule has 9 heteroatoms. The predicted octanol–water partition coefficient (Wildman–Crippen LogP) is 5.64. The molecule has 3 aliphatic heterocycles. The number of hydrogen-bond donors (Lipinski definition) is 1. The Kier molecular flexibility index (Phi) is 9.12. The molecule has 0 aliphatic carbocycles. The fourth-order valence-corrected chi connectivity index (χ4v) is 10.1. The molecule has 5 rings (SSSR count). The van der Waals surface area contributed by atoms with Crippen LogP contribution >= 0.6 is 23.4 Å². The van der Waals surface area contributed by atoms with Crippen molar-refractivity contribution in [3.63, 3.8) is 0 Å². The van der Waals surface area contributed by atoms with Crippen molar-refractivity contribution in [3.05, 3.63) is 84.4 Å². The maximum atomic E-state index is 14.8. The summed E-state index contributed by atoms with van der Waals surface area (Å²) in [6, 6.07) is 14.2. The second-order valence-electron chi connectivity index (χ2n) is 11.9. The van der Waals surface area contributed by atoms with Gasteiger partial charge in [0.05, 0.1) is 27.3 Å². The Morgan fingerprint density at radius 2 is 1.74 bits per heavy atom. The molecule has 0 aromatic heterocycles. The molecule has 7 nitrogen and oxygen atoms in total. The molecule has 228 valence electrons. The highest BCUT2D eigenvalue weighted by molar-refractivity contribution is 8.02. The zero-order valence-corrected chi connectivity index (χ0v) is 26.4. The Morgan fingerprint density at radius 3 is 2.40 bits per heavy atom. The quantitative estimate of drug-likeness (QED) is 0.245. The smallest absolute Gasteiger partial charge is 0.251 e. The number of nitrogens with zero attached hydrogens (tertiary/aromatic N) is 3. The molecule has 3 fully saturated rings. The third kappa shape index (κ3) is 5.21. The first-order valence-corrected chi connectivity index (χ1v) is 16.1. The van der Waals surface area contributed by atoms with Crippen molar-refractivity contribution in [2.75, 3.05) is 36.0 Å². The topological polar surface area (TPSA) is 81.2 Å². The first-order valence-electron chi connectivity index (χ1n) is 14.9. The molecule has 0 saturated carbocycles. The monoisotopic (exact) mass is 621 g/mol. The van der Waals surface area contributed by atoms with E-state index in [1.807, 2.05) is 49.4 Å². The molecule has 2 bridgehead atoms. The van der Waals surface area contributed by atoms with Gasteiger partial charge in [0.15, 0.2) is 0 Å². The molecule has 1 spiro atoms. The van der Waals surface area contributed by atoms with Gasteiger partial charge in [0.2, 0.25) is 11.8 Å². The fraction of sp³-hybridized carbons (Fsp3) is 0.441. The summed E-state index contributed by atoms with van der Waals surface area (Å²) in [4.78, 5) is 49.0. The zero-order chi connectivity index (χ0) is 30.9. The van der Waals surface area contributed by atoms with E-state index in [1.54, 1.807) is 44.7 Å². The number of para-hydroxylation sites is 2. The number of carbonyl (C=O) groups excluding carboxylic acids is 3. The molecular formula is C34H40ClN3O4S. The second-order valence-corrected chi connectivity index (χ2v) is 14.2. The lowest BCUT2D eigenvalue weighted by Gasteiger charge is -2.38. The maximum absolute atomic E-state index is 14.8. The van der Waals surface area contributed by atoms with E-state index in [1.165, 1.54) is 0 Å². The van der Waals surface area contributed by atoms with Gasteiger partial charge >= 0.3 is 0 Å². The summed E-state index contributed by atoms with van der Waals surface area (Å²) in [5.41, 5.74) is 2.20. The number of thioether (sulfide) groups is 1. The third-order valence-electron chi connectivity index (χ3n) is 9.27. The lowest BCUT2D eigenvalue weighted by Crippen LogP contribution is -2.55. The van der Waals surface area contributed by atoms with Gasteiger partial charge in [-0.25, -0.2) is 0 Å². The number of carbonyl (C=O) groups is 3. The normalized spacial score (nSPS) is 27.2. The highest BCUT2D eigenvalue weighted by Gasteiger charge is 2.77. The third-order valence-corrected chi connectivity index (χ3v) is 11.6. The second kappa shape index (κ2) is 12.5. The number of aryl methyl sites for hydroxylation is 1. The molecule has 3 heterocycles. The van der Waals surface area contributed by atoms with E-state index >= 15 is 0 Å². The zero-order valence-electron chi connectivity index (χ0n) is 24.9. The van der Waals surface area contributed by atoms with Gasteiger partial charge in [-0.15, -0.1) is 24.9 Å². The Hall–Kier alpha value is -3.07. The van der Waals surface area contributed by atoms with E-state index in [9.17, 15) is 19.5 Å². The minimum absolute atomic E-state index is 0.00184. The Bertz CT molecular complexity index is 1400. The number of likely N-dealkylation sites (tertiary alicyclic amines) is 1. The molecule has 43 heavy (non-hydrogen) atoms. The minimum atomic E-state index is -0.784. The van der Waals surface area contributed by atoms with E-state index in [0.717, 1.165) is 17.7 Å². The van der Waals surface area contributed by atoms with Crippen LogP contribution < -0.4 is 9.80 Å². The van der Waals surface area contributed by atoms with Gasteiger partial charge in [-0.05, 0) is 63.3 Å². The number of halogens is 1. The fourth-order valence-electron chi connectivity index (χ4n) is 7.48. The van der Waals surface area contributed by atoms with Gasteiger partial charge in [0, 0.05) is 36.7 Å². The van der Waals surface area contributed by atoms with Crippen molar-refractivity contribution in [1.82, 2.24) is 4.90 Å². The molecule has 1 N–H and O–H groups in total. The van der Waals surface area contributed by atoms with Gasteiger partial charge < -0.3 is 19.8 Å². The van der Waals surface area contributed by atoms with Gasteiger partial charge in [-0.2, -0.15) is 0 Å². The van der Waals surface area contributed by atoms with Crippen LogP contribution in [0.4, 0.5) is 11.4 Å². The highest BCUT2D eigenvalue weighted by Crippen LogP contribution is 2.71. The van der Waals surface area contributed by atoms with Gasteiger partial charge in [0.25, 0.3) is 5.91 Å². The number of aliphatic hydroxyl groups is 1. The molecular weight excluding hydrogens is 582 g/mol. The molecule has 3 aliphatic rings. The van der Waals surface area contributed by atoms with Crippen molar-refractivity contribution in [2.45, 2.75) is 55.1 Å². The van der Waals surface area contributed by atoms with Crippen LogP contribution in [0.2, 0.25) is 5.02 Å². The molecule has 0 radical (unpaired) electrons. The number of unbranched alkanes of at least 4 members (excludes halogenated alkanes) is 1. The molecule has 2 aromatic rings. The minimum Gasteiger partial charge on any atom is -0.396 e. The van der Waals surface area contributed by atoms with Crippen LogP contribution in [0.25, 0.3) is 0 Å². The van der Waals surface area contributed by atoms with Crippen LogP contribution in [0, 0.1) is 18.8 Å². The van der Waals surface area contributed by atoms with Gasteiger partial charge in [-0.3, -0.25) is 14.4 Å². The molecule has 2 aromatic carbocycles. The van der Waals surface area contributed by atoms with Crippen LogP contribution in [0.1, 0.15) is 38.2 Å². The number of benzene rings is 2. The van der Waals surface area contributed by atoms with Crippen LogP contribution in [0.3, 0.4) is 0 Å². The summed E-state index contributed by atoms with van der Waals surface area (Å²) in [5, 5.41) is 9.97. The van der Waals surface area contributed by atoms with E-state index in [0.29, 0.717) is 43.1 Å². The lowest BCUT2D eigenvalue weighted by molar-refractivity contribution is -0.139. The van der Waals surface area contributed by atoms with E-state index in [-0.39, 0.29) is 30.9 Å². The number of aliphatic hydroxyl groups excluding tert-OH is 1. The number of amides is 3. The summed E-state index contributed by atoms with van der Waals surface area (Å²) in [7, 11) is 0. The number of anilines is 2. The Morgan fingerprint density at radius 1 is 1.05 bits per heavy atom. The number of hydrogen-bond acceptors (Lipinski definition) is 5. The molecule has 3 amide bonds. The van der Waals surface area contributed by atoms with Crippen LogP contribution in [-0.4, -0.2) is 69.5 Å². The molecule has 2 unspecified atom stereocenters. The van der Waals surface area contributed by atoms with Crippen molar-refractivity contribution in [2.24, 2.45) is 11.8 Å². The number of fused-ring (bicyclic) bond motifs is 1. The highest BCUT2D eigenvalue weighted by atomic mass is 35.5. The average molecular weight is 622 g/mol. The van der Waals surface area contributed by atoms with Crippen molar-refractivity contribution < 1.29 is 19.5 Å². The Balaban J connectivity index is 1.60. The van der Waals surface area contributed by atoms with Crippen LogP contribution in [-0.2, 0) is 14.4 Å². The van der Waals surface area contributed by atoms with Gasteiger partial charge in [-0.1, -0.05) is 54.1 Å². The standard InChI is InChI=1S/C34H40ClN3O4S/c1-5-19-36(24-14-8-7-9-15-24)30(40)26-27-31(41)38(21-10-11-22-39)29(34(27)18-17-33(26,4)43-34)32(42)37(20-6-2)28-23(3)13-12-16-25(28)35/h5-9,12-16,26-27,29,39H,1-2,10-11,17-22H2,3-4H3/t26-,27+,29?,33+,34?/m1/s1. The lowest BCUT2D eigenvalue weighted by atomic mass is 9.66. The summed E-state index contributed by atoms with van der Waals surface area (Å²) in [5.74, 6) is -1.75. The summed E-state index contributed by atoms with van der Waals surface area (Å²) >= 11 is 8.33. The maximum Gasteiger partial charge on any atom is 0.251 e. The largest absolute Gasteiger partial charge is 0.396 e. The summed E-state index contributed by atoms with van der Waals surface area (Å²) in [6.45, 7) is 12.6. The molecule has 5 atom stereocenters. The first kappa shape index (κ1) is 31.4. The molecule has 3 saturated heterocycles.